The minimum Gasteiger partial charge on any atom is -0.308 e. The topological polar surface area (TPSA) is 9.23 Å². The van der Waals surface area contributed by atoms with Gasteiger partial charge in [0.25, 0.3) is 0 Å². The van der Waals surface area contributed by atoms with Gasteiger partial charge in [0, 0.05) is 0 Å². The van der Waals surface area contributed by atoms with Gasteiger partial charge in [0.1, 0.15) is 0 Å². The summed E-state index contributed by atoms with van der Waals surface area (Å²) in [7, 11) is 0. The third kappa shape index (κ3) is 4.03. The van der Waals surface area contributed by atoms with Crippen molar-refractivity contribution in [1.29, 1.82) is 0 Å². The molecule has 0 heterocycles. The molecule has 18 heteroatoms. The molecular formula is C13H9F17O. The molecule has 0 N–H and O–H groups in total. The van der Waals surface area contributed by atoms with Gasteiger partial charge in [0.05, 0.1) is 6.10 Å². The predicted octanol–water partition coefficient (Wildman–Crippen LogP) is 6.93. The molecule has 0 rings (SSSR count). The van der Waals surface area contributed by atoms with E-state index in [1.165, 1.54) is 0 Å². The van der Waals surface area contributed by atoms with E-state index in [0.717, 1.165) is 6.92 Å². The summed E-state index contributed by atoms with van der Waals surface area (Å²) < 4.78 is 223. The molecule has 0 aromatic carbocycles. The number of alkyl halides is 17. The molecule has 0 aliphatic carbocycles. The van der Waals surface area contributed by atoms with E-state index in [0.29, 0.717) is 0 Å². The first-order chi connectivity index (χ1) is 13.2. The van der Waals surface area contributed by atoms with Gasteiger partial charge in [0.2, 0.25) is 0 Å². The van der Waals surface area contributed by atoms with E-state index in [9.17, 15) is 74.6 Å². The Labute approximate surface area is 160 Å². The van der Waals surface area contributed by atoms with Crippen LogP contribution in [0.3, 0.4) is 0 Å². The van der Waals surface area contributed by atoms with Gasteiger partial charge in [-0.15, -0.1) is 6.58 Å². The zero-order valence-corrected chi connectivity index (χ0v) is 14.4. The highest BCUT2D eigenvalue weighted by atomic mass is 19.4. The molecule has 1 atom stereocenters. The van der Waals surface area contributed by atoms with Crippen LogP contribution in [0.1, 0.15) is 13.3 Å². The van der Waals surface area contributed by atoms with Crippen LogP contribution < -0.4 is 0 Å². The molecule has 0 aliphatic heterocycles. The van der Waals surface area contributed by atoms with Crippen LogP contribution in [0, 0.1) is 0 Å². The number of rotatable bonds is 10. The van der Waals surface area contributed by atoms with Crippen LogP contribution in [0.15, 0.2) is 12.7 Å². The number of hydrogen-bond donors (Lipinski definition) is 0. The van der Waals surface area contributed by atoms with Crippen LogP contribution in [0.25, 0.3) is 0 Å². The lowest BCUT2D eigenvalue weighted by molar-refractivity contribution is -0.479. The molecule has 0 saturated carbocycles. The van der Waals surface area contributed by atoms with Gasteiger partial charge in [-0.2, -0.15) is 74.6 Å². The molecular weight excluding hydrogens is 495 g/mol. The van der Waals surface area contributed by atoms with Crippen molar-refractivity contribution in [3.63, 3.8) is 0 Å². The summed E-state index contributed by atoms with van der Waals surface area (Å²) in [4.78, 5) is 0. The van der Waals surface area contributed by atoms with Gasteiger partial charge in [-0.1, -0.05) is 13.0 Å². The average Bonchev–Trinajstić information content (AvgIpc) is 2.57. The standard InChI is InChI=1S/C13H9F17O/c1-3-5(4-2)31-13(29,30)11(24,25)9(20,21)7(16,17)6(14,15)8(18,19)10(22,23)12(26,27)28/h3,5H,1,4H2,2H3. The van der Waals surface area contributed by atoms with E-state index in [2.05, 4.69) is 11.3 Å². The fraction of sp³-hybridized carbons (Fsp3) is 0.846. The summed E-state index contributed by atoms with van der Waals surface area (Å²) in [5, 5.41) is 0. The highest BCUT2D eigenvalue weighted by Crippen LogP contribution is 2.64. The molecule has 31 heavy (non-hydrogen) atoms. The first kappa shape index (κ1) is 29.5. The van der Waals surface area contributed by atoms with Crippen molar-refractivity contribution < 1.29 is 79.4 Å². The lowest BCUT2D eigenvalue weighted by Crippen LogP contribution is -2.74. The molecule has 0 amide bonds. The van der Waals surface area contributed by atoms with Crippen molar-refractivity contribution in [2.75, 3.05) is 0 Å². The maximum atomic E-state index is 13.4. The minimum absolute atomic E-state index is 0.215. The Kier molecular flexibility index (Phi) is 7.45. The molecule has 0 aromatic rings. The Morgan fingerprint density at radius 2 is 0.871 bits per heavy atom. The van der Waals surface area contributed by atoms with Crippen LogP contribution in [0.4, 0.5) is 74.6 Å². The molecule has 1 nitrogen and oxygen atoms in total. The lowest BCUT2D eigenvalue weighted by Gasteiger charge is -2.42. The Morgan fingerprint density at radius 1 is 0.581 bits per heavy atom. The quantitative estimate of drug-likeness (QED) is 0.232. The Hall–Kier alpha value is -1.49. The minimum atomic E-state index is -8.65. The normalized spacial score (nSPS) is 17.0. The van der Waals surface area contributed by atoms with Crippen molar-refractivity contribution in [2.45, 2.75) is 67.3 Å². The third-order valence-corrected chi connectivity index (χ3v) is 3.66. The van der Waals surface area contributed by atoms with Crippen LogP contribution in [-0.2, 0) is 4.74 Å². The van der Waals surface area contributed by atoms with E-state index in [1.54, 1.807) is 0 Å². The molecule has 0 spiro atoms. The average molecular weight is 504 g/mol. The molecule has 0 aliphatic rings. The Morgan fingerprint density at radius 3 is 1.13 bits per heavy atom. The maximum Gasteiger partial charge on any atom is 0.460 e. The molecule has 186 valence electrons. The molecule has 0 radical (unpaired) electrons. The fourth-order valence-electron chi connectivity index (χ4n) is 1.71. The molecule has 0 bridgehead atoms. The highest BCUT2D eigenvalue weighted by molar-refractivity contribution is 5.14. The first-order valence-electron chi connectivity index (χ1n) is 7.26. The van der Waals surface area contributed by atoms with E-state index >= 15 is 0 Å². The summed E-state index contributed by atoms with van der Waals surface area (Å²) in [6, 6.07) is 0. The summed E-state index contributed by atoms with van der Waals surface area (Å²) in [6.45, 7) is 3.53. The van der Waals surface area contributed by atoms with Crippen molar-refractivity contribution in [1.82, 2.24) is 0 Å². The van der Waals surface area contributed by atoms with E-state index < -0.39 is 60.3 Å². The summed E-state index contributed by atoms with van der Waals surface area (Å²) in [6.07, 6.45) is -17.5. The lowest BCUT2D eigenvalue weighted by atomic mass is 9.90. The fourth-order valence-corrected chi connectivity index (χ4v) is 1.71. The van der Waals surface area contributed by atoms with Crippen LogP contribution in [0.5, 0.6) is 0 Å². The number of halogens is 17. The zero-order chi connectivity index (χ0) is 25.7. The van der Waals surface area contributed by atoms with Gasteiger partial charge in [0.15, 0.2) is 0 Å². The van der Waals surface area contributed by atoms with Gasteiger partial charge in [-0.25, -0.2) is 0 Å². The van der Waals surface area contributed by atoms with Gasteiger partial charge < -0.3 is 4.74 Å². The van der Waals surface area contributed by atoms with Crippen molar-refractivity contribution in [3.05, 3.63) is 12.7 Å². The van der Waals surface area contributed by atoms with Gasteiger partial charge >= 0.3 is 47.8 Å². The van der Waals surface area contributed by atoms with Crippen molar-refractivity contribution >= 4 is 0 Å². The summed E-state index contributed by atoms with van der Waals surface area (Å²) in [5.74, 6) is -50.2. The second kappa shape index (κ2) is 7.83. The second-order valence-electron chi connectivity index (χ2n) is 5.76. The summed E-state index contributed by atoms with van der Waals surface area (Å²) in [5.41, 5.74) is 0. The van der Waals surface area contributed by atoms with Crippen molar-refractivity contribution in [2.24, 2.45) is 0 Å². The van der Waals surface area contributed by atoms with E-state index in [-0.39, 0.29) is 6.08 Å². The van der Waals surface area contributed by atoms with Crippen LogP contribution in [0.2, 0.25) is 0 Å². The number of hydrogen-bond acceptors (Lipinski definition) is 1. The van der Waals surface area contributed by atoms with Crippen LogP contribution in [-0.4, -0.2) is 53.9 Å². The predicted molar refractivity (Wildman–Crippen MR) is 66.0 cm³/mol. The smallest absolute Gasteiger partial charge is 0.308 e. The third-order valence-electron chi connectivity index (χ3n) is 3.66. The van der Waals surface area contributed by atoms with E-state index in [1.807, 2.05) is 0 Å². The largest absolute Gasteiger partial charge is 0.460 e. The maximum absolute atomic E-state index is 13.4. The monoisotopic (exact) mass is 504 g/mol. The molecule has 1 unspecified atom stereocenters. The van der Waals surface area contributed by atoms with Crippen molar-refractivity contribution in [3.8, 4) is 0 Å². The Bertz CT molecular complexity index is 647. The number of ether oxygens (including phenoxy) is 1. The van der Waals surface area contributed by atoms with E-state index in [4.69, 9.17) is 0 Å². The van der Waals surface area contributed by atoms with Gasteiger partial charge in [-0.3, -0.25) is 0 Å². The summed E-state index contributed by atoms with van der Waals surface area (Å²) >= 11 is 0. The molecule has 0 saturated heterocycles. The highest BCUT2D eigenvalue weighted by Gasteiger charge is 2.95. The van der Waals surface area contributed by atoms with Crippen LogP contribution >= 0.6 is 0 Å². The zero-order valence-electron chi connectivity index (χ0n) is 14.4. The van der Waals surface area contributed by atoms with Gasteiger partial charge in [-0.05, 0) is 6.42 Å². The Balaban J connectivity index is 6.65. The molecule has 0 aromatic heterocycles. The molecule has 0 fully saturated rings. The second-order valence-corrected chi connectivity index (χ2v) is 5.76. The first-order valence-corrected chi connectivity index (χ1v) is 7.26. The SMILES string of the molecule is C=CC(CC)OC(F)(F)C(F)(F)C(F)(F)C(F)(F)C(F)(F)C(F)(F)C(F)(F)C(F)(F)F.